The number of hydrogen-bond acceptors (Lipinski definition) is 1. The first kappa shape index (κ1) is 10.0. The van der Waals surface area contributed by atoms with Crippen molar-refractivity contribution in [3.8, 4) is 11.1 Å². The summed E-state index contributed by atoms with van der Waals surface area (Å²) in [5.41, 5.74) is 3.80. The molecule has 17 heavy (non-hydrogen) atoms. The predicted molar refractivity (Wildman–Crippen MR) is 71.9 cm³/mol. The number of benzene rings is 2. The van der Waals surface area contributed by atoms with E-state index >= 15 is 0 Å². The topological polar surface area (TPSA) is 12.9 Å². The van der Waals surface area contributed by atoms with E-state index in [1.807, 2.05) is 18.5 Å². The van der Waals surface area contributed by atoms with E-state index in [0.29, 0.717) is 0 Å². The number of pyridine rings is 1. The molecule has 0 N–H and O–H groups in total. The smallest absolute Gasteiger partial charge is 0.0349 e. The zero-order valence-corrected chi connectivity index (χ0v) is 9.72. The summed E-state index contributed by atoms with van der Waals surface area (Å²) >= 11 is 0. The lowest BCUT2D eigenvalue weighted by molar-refractivity contribution is 1.35. The van der Waals surface area contributed by atoms with Crippen molar-refractivity contribution >= 4 is 10.8 Å². The van der Waals surface area contributed by atoms with Gasteiger partial charge in [-0.25, -0.2) is 0 Å². The highest BCUT2D eigenvalue weighted by atomic mass is 14.6. The summed E-state index contributed by atoms with van der Waals surface area (Å²) in [4.78, 5) is 4.21. The van der Waals surface area contributed by atoms with Crippen molar-refractivity contribution in [3.63, 3.8) is 0 Å². The molecule has 82 valence electrons. The molecule has 3 aromatic rings. The molecule has 0 unspecified atom stereocenters. The molecule has 3 rings (SSSR count). The van der Waals surface area contributed by atoms with Gasteiger partial charge in [0.05, 0.1) is 0 Å². The first-order chi connectivity index (χ1) is 8.36. The van der Waals surface area contributed by atoms with Crippen molar-refractivity contribution in [2.24, 2.45) is 0 Å². The van der Waals surface area contributed by atoms with E-state index in [2.05, 4.69) is 54.4 Å². The number of fused-ring (bicyclic) bond motifs is 1. The summed E-state index contributed by atoms with van der Waals surface area (Å²) in [6, 6.07) is 16.9. The number of hydrogen-bond donors (Lipinski definition) is 0. The van der Waals surface area contributed by atoms with E-state index in [4.69, 9.17) is 0 Å². The van der Waals surface area contributed by atoms with E-state index in [1.54, 1.807) is 0 Å². The largest absolute Gasteiger partial charge is 0.264 e. The summed E-state index contributed by atoms with van der Waals surface area (Å²) in [6.07, 6.45) is 3.80. The van der Waals surface area contributed by atoms with Crippen LogP contribution in [0, 0.1) is 6.92 Å². The van der Waals surface area contributed by atoms with Gasteiger partial charge in [0.25, 0.3) is 0 Å². The van der Waals surface area contributed by atoms with Crippen LogP contribution in [-0.2, 0) is 0 Å². The Bertz CT molecular complexity index is 657. The van der Waals surface area contributed by atoms with Crippen molar-refractivity contribution in [3.05, 3.63) is 66.5 Å². The van der Waals surface area contributed by atoms with Crippen LogP contribution < -0.4 is 0 Å². The van der Waals surface area contributed by atoms with Gasteiger partial charge in [0, 0.05) is 17.8 Å². The minimum atomic E-state index is 1.23. The quantitative estimate of drug-likeness (QED) is 0.597. The van der Waals surface area contributed by atoms with E-state index < -0.39 is 0 Å². The molecule has 0 aliphatic rings. The van der Waals surface area contributed by atoms with Gasteiger partial charge < -0.3 is 0 Å². The Morgan fingerprint density at radius 2 is 1.65 bits per heavy atom. The second-order valence-corrected chi connectivity index (χ2v) is 4.22. The van der Waals surface area contributed by atoms with Crippen LogP contribution in [0.3, 0.4) is 0 Å². The summed E-state index contributed by atoms with van der Waals surface area (Å²) in [7, 11) is 0. The van der Waals surface area contributed by atoms with Crippen molar-refractivity contribution < 1.29 is 0 Å². The zero-order valence-electron chi connectivity index (χ0n) is 9.72. The Kier molecular flexibility index (Phi) is 2.37. The van der Waals surface area contributed by atoms with Gasteiger partial charge in [-0.1, -0.05) is 42.5 Å². The first-order valence-corrected chi connectivity index (χ1v) is 5.75. The average molecular weight is 219 g/mol. The lowest BCUT2D eigenvalue weighted by atomic mass is 9.97. The molecule has 0 radical (unpaired) electrons. The summed E-state index contributed by atoms with van der Waals surface area (Å²) in [5, 5.41) is 2.50. The minimum absolute atomic E-state index is 1.23. The molecule has 0 fully saturated rings. The predicted octanol–water partition coefficient (Wildman–Crippen LogP) is 4.21. The zero-order chi connectivity index (χ0) is 11.7. The first-order valence-electron chi connectivity index (χ1n) is 5.75. The van der Waals surface area contributed by atoms with Crippen molar-refractivity contribution in [2.45, 2.75) is 6.92 Å². The van der Waals surface area contributed by atoms with Gasteiger partial charge in [-0.15, -0.1) is 0 Å². The molecule has 0 aliphatic carbocycles. The van der Waals surface area contributed by atoms with Crippen LogP contribution in [0.25, 0.3) is 21.9 Å². The molecule has 0 saturated carbocycles. The van der Waals surface area contributed by atoms with E-state index in [1.165, 1.54) is 27.5 Å². The monoisotopic (exact) mass is 219 g/mol. The normalized spacial score (nSPS) is 10.6. The van der Waals surface area contributed by atoms with Crippen molar-refractivity contribution in [1.29, 1.82) is 0 Å². The maximum atomic E-state index is 4.21. The van der Waals surface area contributed by atoms with Gasteiger partial charge in [0.2, 0.25) is 0 Å². The lowest BCUT2D eigenvalue weighted by Gasteiger charge is -2.08. The molecule has 0 atom stereocenters. The van der Waals surface area contributed by atoms with E-state index in [0.717, 1.165) is 0 Å². The second-order valence-electron chi connectivity index (χ2n) is 4.22. The van der Waals surface area contributed by atoms with Crippen LogP contribution >= 0.6 is 0 Å². The van der Waals surface area contributed by atoms with Crippen LogP contribution in [-0.4, -0.2) is 4.98 Å². The van der Waals surface area contributed by atoms with E-state index in [-0.39, 0.29) is 0 Å². The third-order valence-electron chi connectivity index (χ3n) is 3.12. The van der Waals surface area contributed by atoms with Crippen LogP contribution in [0.1, 0.15) is 5.56 Å². The van der Waals surface area contributed by atoms with Gasteiger partial charge in [-0.05, 0) is 35.1 Å². The summed E-state index contributed by atoms with van der Waals surface area (Å²) in [5.74, 6) is 0. The fraction of sp³-hybridized carbons (Fsp3) is 0.0625. The number of nitrogens with zero attached hydrogens (tertiary/aromatic N) is 1. The molecule has 1 nitrogen and oxygen atoms in total. The molecule has 0 saturated heterocycles. The maximum Gasteiger partial charge on any atom is 0.0349 e. The molecule has 1 heterocycles. The highest BCUT2D eigenvalue weighted by Crippen LogP contribution is 2.29. The summed E-state index contributed by atoms with van der Waals surface area (Å²) in [6.45, 7) is 2.12. The third kappa shape index (κ3) is 1.70. The Morgan fingerprint density at radius 3 is 2.47 bits per heavy atom. The van der Waals surface area contributed by atoms with Crippen LogP contribution in [0.2, 0.25) is 0 Å². The van der Waals surface area contributed by atoms with Gasteiger partial charge in [0.1, 0.15) is 0 Å². The fourth-order valence-electron chi connectivity index (χ4n) is 2.20. The summed E-state index contributed by atoms with van der Waals surface area (Å²) < 4.78 is 0. The molecule has 2 aromatic carbocycles. The number of aryl methyl sites for hydroxylation is 1. The fourth-order valence-corrected chi connectivity index (χ4v) is 2.20. The van der Waals surface area contributed by atoms with Gasteiger partial charge in [0.15, 0.2) is 0 Å². The standard InChI is InChI=1S/C16H13N/c1-12-7-8-14(13-5-3-2-4-6-13)15-9-10-17-11-16(12)15/h2-11H,1H3. The molecule has 0 aliphatic heterocycles. The van der Waals surface area contributed by atoms with Gasteiger partial charge in [-0.3, -0.25) is 4.98 Å². The molecular formula is C16H13N. The highest BCUT2D eigenvalue weighted by molar-refractivity contribution is 5.97. The second kappa shape index (κ2) is 4.02. The average Bonchev–Trinajstić information content (AvgIpc) is 2.41. The van der Waals surface area contributed by atoms with Crippen LogP contribution in [0.15, 0.2) is 60.9 Å². The molecule has 1 heteroatoms. The van der Waals surface area contributed by atoms with Crippen molar-refractivity contribution in [2.75, 3.05) is 0 Å². The van der Waals surface area contributed by atoms with Gasteiger partial charge >= 0.3 is 0 Å². The van der Waals surface area contributed by atoms with Crippen LogP contribution in [0.4, 0.5) is 0 Å². The van der Waals surface area contributed by atoms with Gasteiger partial charge in [-0.2, -0.15) is 0 Å². The Labute approximate surface area is 101 Å². The SMILES string of the molecule is Cc1ccc(-c2ccccc2)c2ccncc12. The van der Waals surface area contributed by atoms with E-state index in [9.17, 15) is 0 Å². The molecule has 0 spiro atoms. The Hall–Kier alpha value is -2.15. The lowest BCUT2D eigenvalue weighted by Crippen LogP contribution is -1.85. The molecule has 0 amide bonds. The number of aromatic nitrogens is 1. The third-order valence-corrected chi connectivity index (χ3v) is 3.12. The number of rotatable bonds is 1. The van der Waals surface area contributed by atoms with Crippen molar-refractivity contribution in [1.82, 2.24) is 4.98 Å². The molecular weight excluding hydrogens is 206 g/mol. The minimum Gasteiger partial charge on any atom is -0.264 e. The maximum absolute atomic E-state index is 4.21. The molecule has 0 bridgehead atoms. The Balaban J connectivity index is 2.35. The Morgan fingerprint density at radius 1 is 0.824 bits per heavy atom. The molecule has 1 aromatic heterocycles. The van der Waals surface area contributed by atoms with Crippen LogP contribution in [0.5, 0.6) is 0 Å². The highest BCUT2D eigenvalue weighted by Gasteiger charge is 2.04.